The number of nitrogens with zero attached hydrogens (tertiary/aromatic N) is 1. The summed E-state index contributed by atoms with van der Waals surface area (Å²) in [6.45, 7) is -0.137. The van der Waals surface area contributed by atoms with Crippen LogP contribution >= 0.6 is 22.9 Å². The highest BCUT2D eigenvalue weighted by atomic mass is 35.5. The third kappa shape index (κ3) is 5.96. The molecule has 8 nitrogen and oxygen atoms in total. The van der Waals surface area contributed by atoms with Crippen molar-refractivity contribution in [3.8, 4) is 5.69 Å². The van der Waals surface area contributed by atoms with Gasteiger partial charge in [-0.1, -0.05) is 17.7 Å². The van der Waals surface area contributed by atoms with E-state index in [1.807, 2.05) is 0 Å². The Morgan fingerprint density at radius 3 is 2.71 bits per heavy atom. The fourth-order valence-electron chi connectivity index (χ4n) is 4.06. The molecule has 0 aliphatic heterocycles. The Hall–Kier alpha value is -3.05. The maximum atomic E-state index is 14.7. The van der Waals surface area contributed by atoms with Crippen molar-refractivity contribution < 1.29 is 23.8 Å². The summed E-state index contributed by atoms with van der Waals surface area (Å²) in [5, 5.41) is 14.6. The van der Waals surface area contributed by atoms with Gasteiger partial charge in [-0.2, -0.15) is 0 Å². The second kappa shape index (κ2) is 11.1. The summed E-state index contributed by atoms with van der Waals surface area (Å²) in [7, 11) is 0. The number of aliphatic hydroxyl groups is 1. The Morgan fingerprint density at radius 2 is 2.03 bits per heavy atom. The number of pyridine rings is 1. The van der Waals surface area contributed by atoms with Crippen LogP contribution in [0.25, 0.3) is 5.69 Å². The zero-order valence-electron chi connectivity index (χ0n) is 18.4. The third-order valence-electron chi connectivity index (χ3n) is 5.72. The van der Waals surface area contributed by atoms with Crippen LogP contribution in [0.3, 0.4) is 0 Å². The van der Waals surface area contributed by atoms with Crippen molar-refractivity contribution in [3.63, 3.8) is 0 Å². The first kappa shape index (κ1) is 25.1. The van der Waals surface area contributed by atoms with Gasteiger partial charge in [0.15, 0.2) is 0 Å². The first-order valence-corrected chi connectivity index (χ1v) is 12.1. The van der Waals surface area contributed by atoms with Gasteiger partial charge in [-0.25, -0.2) is 4.39 Å². The van der Waals surface area contributed by atoms with Crippen LogP contribution < -0.4 is 16.2 Å². The number of thiophene rings is 1. The fourth-order valence-corrected chi connectivity index (χ4v) is 5.01. The zero-order chi connectivity index (χ0) is 24.9. The number of carbonyl (C=O) groups excluding carboxylic acids is 2. The van der Waals surface area contributed by atoms with Crippen LogP contribution in [0.15, 0.2) is 59.5 Å². The number of rotatable bonds is 8. The number of carbonyl (C=O) groups is 2. The van der Waals surface area contributed by atoms with Gasteiger partial charge >= 0.3 is 0 Å². The highest BCUT2D eigenvalue weighted by Gasteiger charge is 2.39. The minimum atomic E-state index is -0.683. The van der Waals surface area contributed by atoms with Gasteiger partial charge in [0.25, 0.3) is 11.5 Å². The maximum absolute atomic E-state index is 14.7. The van der Waals surface area contributed by atoms with E-state index in [1.54, 1.807) is 24.3 Å². The van der Waals surface area contributed by atoms with Crippen LogP contribution in [0.2, 0.25) is 4.34 Å². The summed E-state index contributed by atoms with van der Waals surface area (Å²) in [6.07, 6.45) is 1.61. The normalized spacial score (nSPS) is 19.5. The van der Waals surface area contributed by atoms with Gasteiger partial charge in [-0.3, -0.25) is 19.0 Å². The number of anilines is 1. The molecule has 2 amide bonds. The molecule has 35 heavy (non-hydrogen) atoms. The molecule has 3 aromatic rings. The molecule has 184 valence electrons. The monoisotopic (exact) mass is 519 g/mol. The lowest BCUT2D eigenvalue weighted by Gasteiger charge is -2.20. The minimum Gasteiger partial charge on any atom is -0.394 e. The minimum absolute atomic E-state index is 0.0173. The first-order chi connectivity index (χ1) is 16.9. The van der Waals surface area contributed by atoms with Gasteiger partial charge < -0.3 is 20.5 Å². The van der Waals surface area contributed by atoms with Crippen molar-refractivity contribution in [2.24, 2.45) is 5.92 Å². The second-order valence-corrected chi connectivity index (χ2v) is 9.76. The van der Waals surface area contributed by atoms with Crippen LogP contribution in [0.4, 0.5) is 10.1 Å². The van der Waals surface area contributed by atoms with E-state index in [2.05, 4.69) is 10.6 Å². The molecule has 2 heterocycles. The molecule has 1 fully saturated rings. The quantitative estimate of drug-likeness (QED) is 0.423. The topological polar surface area (TPSA) is 110 Å². The predicted molar refractivity (Wildman–Crippen MR) is 131 cm³/mol. The molecule has 3 atom stereocenters. The highest BCUT2D eigenvalue weighted by molar-refractivity contribution is 7.18. The Balaban J connectivity index is 1.44. The third-order valence-corrected chi connectivity index (χ3v) is 6.95. The summed E-state index contributed by atoms with van der Waals surface area (Å²) in [4.78, 5) is 37.9. The molecule has 3 N–H and O–H groups in total. The Bertz CT molecular complexity index is 1280. The molecule has 0 saturated heterocycles. The lowest BCUT2D eigenvalue weighted by molar-refractivity contribution is -0.120. The summed E-state index contributed by atoms with van der Waals surface area (Å²) in [5.74, 6) is -1.98. The average Bonchev–Trinajstić information content (AvgIpc) is 3.45. The van der Waals surface area contributed by atoms with Crippen LogP contribution in [-0.2, 0) is 9.53 Å². The molecule has 1 aliphatic rings. The molecule has 1 saturated carbocycles. The van der Waals surface area contributed by atoms with Crippen LogP contribution in [0, 0.1) is 11.7 Å². The first-order valence-electron chi connectivity index (χ1n) is 10.9. The molecular weight excluding hydrogens is 497 g/mol. The molecule has 0 spiro atoms. The molecule has 0 unspecified atom stereocenters. The van der Waals surface area contributed by atoms with Crippen molar-refractivity contribution >= 4 is 40.4 Å². The van der Waals surface area contributed by atoms with Gasteiger partial charge in [0.2, 0.25) is 5.91 Å². The average molecular weight is 520 g/mol. The summed E-state index contributed by atoms with van der Waals surface area (Å²) in [6, 6.07) is 11.5. The summed E-state index contributed by atoms with van der Waals surface area (Å²) < 4.78 is 22.2. The van der Waals surface area contributed by atoms with Gasteiger partial charge in [0.1, 0.15) is 5.82 Å². The molecule has 11 heteroatoms. The molecule has 0 bridgehead atoms. The summed E-state index contributed by atoms with van der Waals surface area (Å²) in [5.41, 5.74) is 0.0126. The van der Waals surface area contributed by atoms with E-state index in [0.717, 1.165) is 11.3 Å². The van der Waals surface area contributed by atoms with Gasteiger partial charge in [-0.15, -0.1) is 11.3 Å². The number of ether oxygens (including phenoxy) is 1. The van der Waals surface area contributed by atoms with Gasteiger partial charge in [-0.05, 0) is 43.2 Å². The number of hydrogen-bond donors (Lipinski definition) is 3. The SMILES string of the molecule is O=C(N[C@H]1C[C@@H](C(=O)Nc2ccc(-n3ccccc3=O)cc2F)C[C@@H]1OCCO)c1ccc(Cl)s1. The molecule has 2 aromatic heterocycles. The molecule has 4 rings (SSSR count). The number of benzene rings is 1. The smallest absolute Gasteiger partial charge is 0.261 e. The van der Waals surface area contributed by atoms with Crippen LogP contribution in [0.1, 0.15) is 22.5 Å². The van der Waals surface area contributed by atoms with E-state index in [-0.39, 0.29) is 36.8 Å². The number of halogens is 2. The van der Waals surface area contributed by atoms with Gasteiger partial charge in [0.05, 0.1) is 45.9 Å². The molecule has 0 radical (unpaired) electrons. The molecule has 1 aliphatic carbocycles. The second-order valence-electron chi connectivity index (χ2n) is 8.05. The maximum Gasteiger partial charge on any atom is 0.261 e. The van der Waals surface area contributed by atoms with E-state index in [9.17, 15) is 18.8 Å². The van der Waals surface area contributed by atoms with Crippen LogP contribution in [-0.4, -0.2) is 46.8 Å². The van der Waals surface area contributed by atoms with E-state index >= 15 is 0 Å². The molecular formula is C24H23ClFN3O5S. The van der Waals surface area contributed by atoms with Crippen molar-refractivity contribution in [1.82, 2.24) is 9.88 Å². The lowest BCUT2D eigenvalue weighted by atomic mass is 10.1. The summed E-state index contributed by atoms with van der Waals surface area (Å²) >= 11 is 7.05. The van der Waals surface area contributed by atoms with Crippen molar-refractivity contribution in [2.75, 3.05) is 18.5 Å². The number of aromatic nitrogens is 1. The predicted octanol–water partition coefficient (Wildman–Crippen LogP) is 3.22. The fraction of sp³-hybridized carbons (Fsp3) is 0.292. The number of nitrogens with one attached hydrogen (secondary N) is 2. The standard InChI is InChI=1S/C24H23ClFN3O5S/c25-21-7-6-20(35-21)24(33)28-18-11-14(12-19(18)34-10-9-30)23(32)27-17-5-4-15(13-16(17)26)29-8-2-1-3-22(29)31/h1-8,13-14,18-19,30H,9-12H2,(H,27,32)(H,28,33)/t14-,18+,19+/m1/s1. The lowest BCUT2D eigenvalue weighted by Crippen LogP contribution is -2.41. The number of amides is 2. The number of aliphatic hydroxyl groups excluding tert-OH is 1. The van der Waals surface area contributed by atoms with E-state index in [0.29, 0.717) is 21.3 Å². The van der Waals surface area contributed by atoms with Crippen molar-refractivity contribution in [3.05, 3.63) is 80.1 Å². The van der Waals surface area contributed by atoms with E-state index < -0.39 is 29.8 Å². The zero-order valence-corrected chi connectivity index (χ0v) is 20.0. The van der Waals surface area contributed by atoms with E-state index in [4.69, 9.17) is 21.4 Å². The van der Waals surface area contributed by atoms with Crippen molar-refractivity contribution in [1.29, 1.82) is 0 Å². The highest BCUT2D eigenvalue weighted by Crippen LogP contribution is 2.31. The largest absolute Gasteiger partial charge is 0.394 e. The van der Waals surface area contributed by atoms with E-state index in [1.165, 1.54) is 35.0 Å². The Kier molecular flexibility index (Phi) is 7.97. The van der Waals surface area contributed by atoms with Gasteiger partial charge in [0, 0.05) is 24.2 Å². The van der Waals surface area contributed by atoms with Crippen LogP contribution in [0.5, 0.6) is 0 Å². The number of hydrogen-bond acceptors (Lipinski definition) is 6. The Morgan fingerprint density at radius 1 is 1.20 bits per heavy atom. The van der Waals surface area contributed by atoms with Crippen molar-refractivity contribution in [2.45, 2.75) is 25.0 Å². The Labute approximate surface area is 209 Å². The molecule has 1 aromatic carbocycles.